The van der Waals surface area contributed by atoms with Crippen molar-refractivity contribution in [3.05, 3.63) is 51.3 Å². The Balaban J connectivity index is 2.01. The van der Waals surface area contributed by atoms with E-state index < -0.39 is 0 Å². The number of aromatic nitrogens is 1. The van der Waals surface area contributed by atoms with Crippen molar-refractivity contribution in [2.75, 3.05) is 13.2 Å². The molecule has 184 valence electrons. The largest absolute Gasteiger partial charge is 0.507 e. The van der Waals surface area contributed by atoms with Gasteiger partial charge < -0.3 is 14.7 Å². The van der Waals surface area contributed by atoms with Crippen LogP contribution in [0.25, 0.3) is 0 Å². The zero-order chi connectivity index (χ0) is 25.6. The highest BCUT2D eigenvalue weighted by molar-refractivity contribution is 6.23. The number of fused-ring (bicyclic) bond motifs is 1. The van der Waals surface area contributed by atoms with Crippen molar-refractivity contribution in [2.45, 2.75) is 79.7 Å². The Kier molecular flexibility index (Phi) is 7.05. The molecule has 1 aromatic carbocycles. The van der Waals surface area contributed by atoms with Crippen LogP contribution in [0.15, 0.2) is 16.6 Å². The molecule has 0 amide bonds. The Hall–Kier alpha value is -2.60. The van der Waals surface area contributed by atoms with Gasteiger partial charge in [0.2, 0.25) is 0 Å². The predicted octanol–water partition coefficient (Wildman–Crippen LogP) is 6.00. The van der Waals surface area contributed by atoms with Gasteiger partial charge >= 0.3 is 0 Å². The van der Waals surface area contributed by atoms with E-state index in [1.54, 1.807) is 0 Å². The molecule has 3 rings (SSSR count). The van der Waals surface area contributed by atoms with Crippen LogP contribution in [0.5, 0.6) is 11.5 Å². The third kappa shape index (κ3) is 4.78. The Morgan fingerprint density at radius 3 is 2.18 bits per heavy atom. The average Bonchev–Trinajstić information content (AvgIpc) is 3.06. The Bertz CT molecular complexity index is 1120. The van der Waals surface area contributed by atoms with E-state index in [0.717, 1.165) is 33.7 Å². The summed E-state index contributed by atoms with van der Waals surface area (Å²) in [6.07, 6.45) is 0. The Morgan fingerprint density at radius 1 is 1.15 bits per heavy atom. The zero-order valence-corrected chi connectivity index (χ0v) is 22.5. The minimum Gasteiger partial charge on any atom is -0.507 e. The third-order valence-electron chi connectivity index (χ3n) is 6.30. The first kappa shape index (κ1) is 26.0. The molecule has 0 radical (unpaired) electrons. The topological polar surface area (TPSA) is 75.0 Å². The maximum absolute atomic E-state index is 13.5. The maximum Gasteiger partial charge on any atom is 0.182 e. The molecule has 0 bridgehead atoms. The van der Waals surface area contributed by atoms with Gasteiger partial charge in [0.15, 0.2) is 11.6 Å². The number of aryl methyl sites for hydroxylation is 1. The summed E-state index contributed by atoms with van der Waals surface area (Å²) < 4.78 is 9.77. The number of carbonyl (C=O) groups excluding carboxylic acids is 1. The van der Waals surface area contributed by atoms with Gasteiger partial charge in [0, 0.05) is 46.1 Å². The van der Waals surface area contributed by atoms with E-state index in [-0.39, 0.29) is 28.9 Å². The molecule has 0 unspecified atom stereocenters. The van der Waals surface area contributed by atoms with Crippen molar-refractivity contribution in [1.29, 1.82) is 0 Å². The number of ether oxygens (including phenoxy) is 1. The first-order valence-corrected chi connectivity index (χ1v) is 12.0. The van der Waals surface area contributed by atoms with E-state index in [1.165, 1.54) is 0 Å². The van der Waals surface area contributed by atoms with Crippen molar-refractivity contribution in [3.8, 4) is 11.5 Å². The number of ketones is 1. The number of carbonyl (C=O) groups is 1. The lowest BCUT2D eigenvalue weighted by Crippen LogP contribution is -2.31. The van der Waals surface area contributed by atoms with E-state index in [1.807, 2.05) is 79.3 Å². The Morgan fingerprint density at radius 2 is 1.71 bits per heavy atom. The lowest BCUT2D eigenvalue weighted by Gasteiger charge is -2.28. The molecule has 7 heteroatoms. The molecule has 1 aliphatic rings. The van der Waals surface area contributed by atoms with Crippen LogP contribution in [0, 0.1) is 13.8 Å². The van der Waals surface area contributed by atoms with Crippen molar-refractivity contribution in [1.82, 2.24) is 9.88 Å². The van der Waals surface area contributed by atoms with Crippen molar-refractivity contribution in [2.24, 2.45) is 4.51 Å². The van der Waals surface area contributed by atoms with Gasteiger partial charge in [-0.05, 0) is 43.7 Å². The van der Waals surface area contributed by atoms with Crippen LogP contribution >= 0.6 is 11.8 Å². The zero-order valence-electron chi connectivity index (χ0n) is 21.8. The molecule has 2 heterocycles. The summed E-state index contributed by atoms with van der Waals surface area (Å²) in [5.41, 5.74) is 4.87. The minimum absolute atomic E-state index is 0.0685. The Labute approximate surface area is 208 Å². The molecule has 0 aliphatic carbocycles. The second-order valence-electron chi connectivity index (χ2n) is 11.0. The average molecular weight is 486 g/mol. The number of amidine groups is 1. The smallest absolute Gasteiger partial charge is 0.182 e. The van der Waals surface area contributed by atoms with Crippen LogP contribution < -0.4 is 4.74 Å². The van der Waals surface area contributed by atoms with Gasteiger partial charge in [-0.25, -0.2) is 4.98 Å². The fourth-order valence-corrected chi connectivity index (χ4v) is 4.64. The third-order valence-corrected chi connectivity index (χ3v) is 6.46. The highest BCUT2D eigenvalue weighted by Gasteiger charge is 2.33. The van der Waals surface area contributed by atoms with E-state index in [2.05, 4.69) is 4.51 Å². The number of hydrogen-bond donors (Lipinski definition) is 1. The number of rotatable bonds is 5. The summed E-state index contributed by atoms with van der Waals surface area (Å²) in [7, 11) is 0. The normalized spacial score (nSPS) is 15.1. The number of benzene rings is 1. The first-order valence-electron chi connectivity index (χ1n) is 11.7. The molecule has 0 spiro atoms. The molecule has 2 aromatic rings. The fraction of sp³-hybridized carbons (Fsp3) is 0.519. The molecule has 0 fully saturated rings. The monoisotopic (exact) mass is 485 g/mol. The molecular weight excluding hydrogens is 450 g/mol. The van der Waals surface area contributed by atoms with Crippen LogP contribution in [-0.2, 0) is 17.4 Å². The standard InChI is InChI=1S/C27H36ClN3O3/c1-10-34-24-15(2)18-13-31(25(30-28)22(18)29-16(24)3)14-21(32)17-11-19(26(4,5)6)23(33)20(12-17)27(7,8)9/h11-12,33H,10,13-14H2,1-9H3. The summed E-state index contributed by atoms with van der Waals surface area (Å²) in [6.45, 7) is 19.2. The van der Waals surface area contributed by atoms with Gasteiger partial charge in [-0.1, -0.05) is 41.5 Å². The van der Waals surface area contributed by atoms with Gasteiger partial charge in [-0.2, -0.15) is 4.51 Å². The molecule has 34 heavy (non-hydrogen) atoms. The molecule has 0 saturated carbocycles. The first-order chi connectivity index (χ1) is 15.7. The molecule has 1 aliphatic heterocycles. The summed E-state index contributed by atoms with van der Waals surface area (Å²) in [4.78, 5) is 20.1. The van der Waals surface area contributed by atoms with Crippen LogP contribution in [0.1, 0.15) is 92.5 Å². The number of aromatic hydroxyl groups is 1. The summed E-state index contributed by atoms with van der Waals surface area (Å²) in [5.74, 6) is 1.45. The van der Waals surface area contributed by atoms with Crippen molar-refractivity contribution >= 4 is 23.4 Å². The highest BCUT2D eigenvalue weighted by Crippen LogP contribution is 2.40. The van der Waals surface area contributed by atoms with Gasteiger partial charge in [0.05, 0.1) is 18.8 Å². The minimum atomic E-state index is -0.318. The summed E-state index contributed by atoms with van der Waals surface area (Å²) in [6, 6.07) is 3.63. The van der Waals surface area contributed by atoms with Gasteiger partial charge in [-0.3, -0.25) is 4.79 Å². The van der Waals surface area contributed by atoms with Crippen molar-refractivity contribution in [3.63, 3.8) is 0 Å². The van der Waals surface area contributed by atoms with E-state index in [9.17, 15) is 9.90 Å². The molecule has 0 atom stereocenters. The molecule has 1 N–H and O–H groups in total. The summed E-state index contributed by atoms with van der Waals surface area (Å²) in [5, 5.41) is 11.0. The van der Waals surface area contributed by atoms with E-state index in [0.29, 0.717) is 30.2 Å². The summed E-state index contributed by atoms with van der Waals surface area (Å²) >= 11 is 5.99. The second-order valence-corrected chi connectivity index (χ2v) is 11.2. The van der Waals surface area contributed by atoms with Crippen LogP contribution in [-0.4, -0.2) is 39.8 Å². The number of phenols is 1. The molecule has 6 nitrogen and oxygen atoms in total. The van der Waals surface area contributed by atoms with Crippen LogP contribution in [0.4, 0.5) is 0 Å². The quantitative estimate of drug-likeness (QED) is 0.526. The lowest BCUT2D eigenvalue weighted by molar-refractivity contribution is 0.0962. The second kappa shape index (κ2) is 9.21. The number of pyridine rings is 1. The molecule has 1 aromatic heterocycles. The SMILES string of the molecule is CCOc1c(C)nc2c(c1C)CN(CC(=O)c1cc(C(C)(C)C)c(O)c(C(C)(C)C)c1)C2=NCl. The number of halogens is 1. The number of Topliss-reactive ketones (excluding diaryl/α,β-unsaturated/α-hetero) is 1. The number of hydrogen-bond acceptors (Lipinski definition) is 5. The van der Waals surface area contributed by atoms with Gasteiger partial charge in [-0.15, -0.1) is 0 Å². The van der Waals surface area contributed by atoms with Gasteiger partial charge in [0.25, 0.3) is 0 Å². The maximum atomic E-state index is 13.5. The van der Waals surface area contributed by atoms with Crippen LogP contribution in [0.3, 0.4) is 0 Å². The van der Waals surface area contributed by atoms with Crippen molar-refractivity contribution < 1.29 is 14.6 Å². The number of phenolic OH excluding ortho intramolecular Hbond substituents is 1. The van der Waals surface area contributed by atoms with Gasteiger partial charge in [0.1, 0.15) is 17.2 Å². The van der Waals surface area contributed by atoms with E-state index >= 15 is 0 Å². The molecular formula is C27H36ClN3O3. The fourth-order valence-electron chi connectivity index (χ4n) is 4.45. The van der Waals surface area contributed by atoms with Crippen LogP contribution in [0.2, 0.25) is 0 Å². The predicted molar refractivity (Wildman–Crippen MR) is 138 cm³/mol. The lowest BCUT2D eigenvalue weighted by atomic mass is 9.78. The highest BCUT2D eigenvalue weighted by atomic mass is 35.5. The number of nitrogens with zero attached hydrogens (tertiary/aromatic N) is 3. The van der Waals surface area contributed by atoms with E-state index in [4.69, 9.17) is 21.5 Å². The molecule has 0 saturated heterocycles.